The molecule has 0 aliphatic heterocycles. The molecule has 0 saturated heterocycles. The summed E-state index contributed by atoms with van der Waals surface area (Å²) in [5.74, 6) is 1.26. The van der Waals surface area contributed by atoms with Gasteiger partial charge in [-0.05, 0) is 50.5 Å². The van der Waals surface area contributed by atoms with Gasteiger partial charge in [-0.25, -0.2) is 0 Å². The smallest absolute Gasteiger partial charge is 0.325 e. The van der Waals surface area contributed by atoms with Crippen molar-refractivity contribution in [3.8, 4) is 0 Å². The van der Waals surface area contributed by atoms with Crippen molar-refractivity contribution in [1.82, 2.24) is 5.32 Å². The Morgan fingerprint density at radius 1 is 1.35 bits per heavy atom. The van der Waals surface area contributed by atoms with Crippen molar-refractivity contribution in [3.63, 3.8) is 0 Å². The van der Waals surface area contributed by atoms with Gasteiger partial charge in [0.05, 0.1) is 0 Å². The first-order valence-electron chi connectivity index (χ1n) is 8.18. The number of aliphatic carboxylic acids is 1. The average Bonchev–Trinajstić information content (AvgIpc) is 3.24. The van der Waals surface area contributed by atoms with Crippen LogP contribution in [0.4, 0.5) is 0 Å². The molecular weight excluding hydrogens is 270 g/mol. The maximum Gasteiger partial charge on any atom is 0.325 e. The summed E-state index contributed by atoms with van der Waals surface area (Å²) in [4.78, 5) is 11.9. The number of nitrogens with one attached hydrogen (secondary N) is 1. The molecule has 2 aliphatic carbocycles. The van der Waals surface area contributed by atoms with Crippen LogP contribution in [0.1, 0.15) is 58.8 Å². The number of hydrogen-bond acceptors (Lipinski definition) is 3. The minimum absolute atomic E-state index is 0.347. The van der Waals surface area contributed by atoms with Crippen LogP contribution >= 0.6 is 11.8 Å². The van der Waals surface area contributed by atoms with Crippen LogP contribution in [0.25, 0.3) is 0 Å². The highest BCUT2D eigenvalue weighted by atomic mass is 32.2. The van der Waals surface area contributed by atoms with E-state index >= 15 is 0 Å². The van der Waals surface area contributed by atoms with E-state index in [4.69, 9.17) is 0 Å². The molecule has 0 spiro atoms. The molecule has 2 rings (SSSR count). The van der Waals surface area contributed by atoms with Gasteiger partial charge in [0.15, 0.2) is 0 Å². The molecule has 3 atom stereocenters. The van der Waals surface area contributed by atoms with Gasteiger partial charge in [0, 0.05) is 11.0 Å². The van der Waals surface area contributed by atoms with E-state index in [2.05, 4.69) is 19.2 Å². The van der Waals surface area contributed by atoms with Crippen LogP contribution in [0.3, 0.4) is 0 Å². The molecule has 0 aromatic rings. The van der Waals surface area contributed by atoms with Crippen molar-refractivity contribution in [1.29, 1.82) is 0 Å². The fourth-order valence-electron chi connectivity index (χ4n) is 3.33. The molecule has 3 unspecified atom stereocenters. The normalized spacial score (nSPS) is 29.9. The Bertz CT molecular complexity index is 332. The lowest BCUT2D eigenvalue weighted by Gasteiger charge is -2.34. The number of carbonyl (C=O) groups is 1. The van der Waals surface area contributed by atoms with E-state index in [1.807, 2.05) is 11.8 Å². The zero-order valence-electron chi connectivity index (χ0n) is 12.9. The second kappa shape index (κ2) is 7.17. The first kappa shape index (κ1) is 16.2. The van der Waals surface area contributed by atoms with Crippen LogP contribution in [0, 0.1) is 11.8 Å². The summed E-state index contributed by atoms with van der Waals surface area (Å²) in [5, 5.41) is 13.8. The molecular formula is C16H29NO2S. The lowest BCUT2D eigenvalue weighted by Crippen LogP contribution is -2.56. The Hall–Kier alpha value is -0.220. The molecule has 0 amide bonds. The van der Waals surface area contributed by atoms with Crippen LogP contribution < -0.4 is 5.32 Å². The third-order valence-electron chi connectivity index (χ3n) is 4.78. The van der Waals surface area contributed by atoms with Crippen molar-refractivity contribution in [2.75, 3.05) is 12.3 Å². The van der Waals surface area contributed by atoms with Gasteiger partial charge in [-0.2, -0.15) is 11.8 Å². The summed E-state index contributed by atoms with van der Waals surface area (Å²) in [6.07, 6.45) is 8.33. The maximum atomic E-state index is 11.9. The first-order chi connectivity index (χ1) is 9.58. The summed E-state index contributed by atoms with van der Waals surface area (Å²) in [7, 11) is 0. The van der Waals surface area contributed by atoms with Gasteiger partial charge in [-0.1, -0.05) is 26.7 Å². The predicted molar refractivity (Wildman–Crippen MR) is 85.3 cm³/mol. The number of thioether (sulfide) groups is 1. The second-order valence-electron chi connectivity index (χ2n) is 6.68. The molecule has 2 saturated carbocycles. The highest BCUT2D eigenvalue weighted by Gasteiger charge is 2.51. The molecule has 0 bridgehead atoms. The van der Waals surface area contributed by atoms with Crippen LogP contribution in [0.2, 0.25) is 0 Å². The largest absolute Gasteiger partial charge is 0.480 e. The number of carboxylic acid groups (broad SMARTS) is 1. The van der Waals surface area contributed by atoms with Crippen LogP contribution in [-0.4, -0.2) is 34.2 Å². The van der Waals surface area contributed by atoms with Gasteiger partial charge in [0.1, 0.15) is 5.54 Å². The second-order valence-corrected chi connectivity index (χ2v) is 7.97. The summed E-state index contributed by atoms with van der Waals surface area (Å²) in [6.45, 7) is 5.24. The van der Waals surface area contributed by atoms with E-state index in [0.717, 1.165) is 37.5 Å². The third kappa shape index (κ3) is 3.91. The van der Waals surface area contributed by atoms with Crippen LogP contribution in [0.15, 0.2) is 0 Å². The predicted octanol–water partition coefficient (Wildman–Crippen LogP) is 3.53. The SMILES string of the molecule is CCCNC(CSC1CCCC(C)C1)(C(=O)O)C1CC1. The van der Waals surface area contributed by atoms with E-state index in [9.17, 15) is 9.90 Å². The zero-order valence-corrected chi connectivity index (χ0v) is 13.7. The van der Waals surface area contributed by atoms with Gasteiger partial charge < -0.3 is 10.4 Å². The highest BCUT2D eigenvalue weighted by molar-refractivity contribution is 8.00. The number of carboxylic acids is 1. The van der Waals surface area contributed by atoms with E-state index in [1.165, 1.54) is 25.7 Å². The fourth-order valence-corrected chi connectivity index (χ4v) is 5.09. The molecule has 3 nitrogen and oxygen atoms in total. The van der Waals surface area contributed by atoms with Gasteiger partial charge in [0.25, 0.3) is 0 Å². The molecule has 0 radical (unpaired) electrons. The van der Waals surface area contributed by atoms with Crippen molar-refractivity contribution in [3.05, 3.63) is 0 Å². The molecule has 20 heavy (non-hydrogen) atoms. The minimum atomic E-state index is -0.665. The van der Waals surface area contributed by atoms with Crippen molar-refractivity contribution >= 4 is 17.7 Å². The fraction of sp³-hybridized carbons (Fsp3) is 0.938. The minimum Gasteiger partial charge on any atom is -0.480 e. The molecule has 116 valence electrons. The molecule has 2 fully saturated rings. The Labute approximate surface area is 127 Å². The third-order valence-corrected chi connectivity index (χ3v) is 6.30. The lowest BCUT2D eigenvalue weighted by molar-refractivity contribution is -0.144. The van der Waals surface area contributed by atoms with Gasteiger partial charge in [-0.3, -0.25) is 4.79 Å². The zero-order chi connectivity index (χ0) is 14.6. The van der Waals surface area contributed by atoms with Gasteiger partial charge in [-0.15, -0.1) is 0 Å². The highest BCUT2D eigenvalue weighted by Crippen LogP contribution is 2.43. The van der Waals surface area contributed by atoms with Crippen LogP contribution in [0.5, 0.6) is 0 Å². The average molecular weight is 299 g/mol. The van der Waals surface area contributed by atoms with Crippen molar-refractivity contribution in [2.24, 2.45) is 11.8 Å². The van der Waals surface area contributed by atoms with E-state index in [0.29, 0.717) is 11.2 Å². The summed E-state index contributed by atoms with van der Waals surface area (Å²) >= 11 is 1.91. The summed E-state index contributed by atoms with van der Waals surface area (Å²) < 4.78 is 0. The van der Waals surface area contributed by atoms with E-state index in [-0.39, 0.29) is 0 Å². The Kier molecular flexibility index (Phi) is 5.79. The monoisotopic (exact) mass is 299 g/mol. The van der Waals surface area contributed by atoms with Gasteiger partial charge >= 0.3 is 5.97 Å². The molecule has 0 aromatic heterocycles. The standard InChI is InChI=1S/C16H29NO2S/c1-3-9-17-16(15(18)19,13-7-8-13)11-20-14-6-4-5-12(2)10-14/h12-14,17H,3-11H2,1-2H3,(H,18,19). The molecule has 4 heteroatoms. The first-order valence-corrected chi connectivity index (χ1v) is 9.23. The topological polar surface area (TPSA) is 49.3 Å². The van der Waals surface area contributed by atoms with E-state index < -0.39 is 11.5 Å². The lowest BCUT2D eigenvalue weighted by atomic mass is 9.90. The van der Waals surface area contributed by atoms with E-state index in [1.54, 1.807) is 0 Å². The molecule has 2 aliphatic rings. The molecule has 2 N–H and O–H groups in total. The van der Waals surface area contributed by atoms with Crippen LogP contribution in [-0.2, 0) is 4.79 Å². The maximum absolute atomic E-state index is 11.9. The summed E-state index contributed by atoms with van der Waals surface area (Å²) in [6, 6.07) is 0. The van der Waals surface area contributed by atoms with Crippen molar-refractivity contribution in [2.45, 2.75) is 69.6 Å². The molecule has 0 heterocycles. The Morgan fingerprint density at radius 2 is 2.10 bits per heavy atom. The number of hydrogen-bond donors (Lipinski definition) is 2. The number of rotatable bonds is 8. The van der Waals surface area contributed by atoms with Crippen molar-refractivity contribution < 1.29 is 9.90 Å². The Balaban J connectivity index is 1.94. The quantitative estimate of drug-likeness (QED) is 0.720. The van der Waals surface area contributed by atoms with Gasteiger partial charge in [0.2, 0.25) is 0 Å². The summed E-state index contributed by atoms with van der Waals surface area (Å²) in [5.41, 5.74) is -0.665. The Morgan fingerprint density at radius 3 is 2.65 bits per heavy atom. The molecule has 0 aromatic carbocycles.